The van der Waals surface area contributed by atoms with Crippen molar-refractivity contribution in [2.24, 2.45) is 12.0 Å². The number of carbonyl (C=O) groups is 1. The Morgan fingerprint density at radius 1 is 1.02 bits per heavy atom. The number of aliphatic imine (C=N–C) groups is 1. The quantitative estimate of drug-likeness (QED) is 0.144. The van der Waals surface area contributed by atoms with E-state index < -0.39 is 5.60 Å². The van der Waals surface area contributed by atoms with Gasteiger partial charge in [-0.2, -0.15) is 0 Å². The largest absolute Gasteiger partial charge is 0.494 e. The number of unbranched alkanes of at least 4 members (excludes halogenated alkanes) is 1. The Morgan fingerprint density at radius 3 is 2.48 bits per heavy atom. The molecule has 0 bridgehead atoms. The van der Waals surface area contributed by atoms with Crippen molar-refractivity contribution in [1.29, 1.82) is 0 Å². The second-order valence-electron chi connectivity index (χ2n) is 13.1. The van der Waals surface area contributed by atoms with E-state index in [2.05, 4.69) is 53.3 Å². The lowest BCUT2D eigenvalue weighted by atomic mass is 10.0. The summed E-state index contributed by atoms with van der Waals surface area (Å²) in [6, 6.07) is 16.1. The molecule has 48 heavy (non-hydrogen) atoms. The molecule has 4 aromatic rings. The van der Waals surface area contributed by atoms with E-state index in [1.165, 1.54) is 0 Å². The van der Waals surface area contributed by atoms with E-state index in [-0.39, 0.29) is 6.09 Å². The van der Waals surface area contributed by atoms with Crippen LogP contribution in [-0.4, -0.2) is 65.3 Å². The Morgan fingerprint density at radius 2 is 1.79 bits per heavy atom. The monoisotopic (exact) mass is 652 g/mol. The van der Waals surface area contributed by atoms with E-state index in [1.54, 1.807) is 18.3 Å². The van der Waals surface area contributed by atoms with E-state index in [0.717, 1.165) is 69.2 Å². The number of aryl methyl sites for hydroxylation is 3. The van der Waals surface area contributed by atoms with Crippen molar-refractivity contribution < 1.29 is 19.0 Å². The van der Waals surface area contributed by atoms with Gasteiger partial charge in [0.15, 0.2) is 5.75 Å². The summed E-state index contributed by atoms with van der Waals surface area (Å²) in [5.41, 5.74) is 6.13. The molecule has 254 valence electrons. The van der Waals surface area contributed by atoms with E-state index in [9.17, 15) is 4.79 Å². The average Bonchev–Trinajstić information content (AvgIpc) is 3.42. The third-order valence-corrected chi connectivity index (χ3v) is 8.18. The molecule has 3 aromatic carbocycles. The fourth-order valence-electron chi connectivity index (χ4n) is 5.69. The van der Waals surface area contributed by atoms with Gasteiger partial charge in [0.1, 0.15) is 22.9 Å². The molecule has 1 fully saturated rings. The summed E-state index contributed by atoms with van der Waals surface area (Å²) < 4.78 is 20.0. The lowest BCUT2D eigenvalue weighted by Crippen LogP contribution is -2.50. The number of aromatic nitrogens is 2. The minimum absolute atomic E-state index is 0.280. The number of carbonyl (C=O) groups excluding carboxylic acids is 1. The first-order valence-corrected chi connectivity index (χ1v) is 16.6. The molecule has 1 aliphatic heterocycles. The van der Waals surface area contributed by atoms with Gasteiger partial charge >= 0.3 is 6.09 Å². The molecule has 1 amide bonds. The predicted molar refractivity (Wildman–Crippen MR) is 194 cm³/mol. The number of nitrogens with zero attached hydrogens (tertiary/aromatic N) is 5. The number of nitrogens with one attached hydrogen (secondary N) is 1. The Labute approximate surface area is 284 Å². The summed E-state index contributed by atoms with van der Waals surface area (Å²) in [5, 5.41) is 3.58. The number of hydrogen-bond acceptors (Lipinski definition) is 7. The maximum atomic E-state index is 12.7. The Balaban J connectivity index is 1.40. The molecule has 2 heterocycles. The maximum absolute atomic E-state index is 12.7. The average molecular weight is 653 g/mol. The van der Waals surface area contributed by atoms with Gasteiger partial charge < -0.3 is 33.9 Å². The highest BCUT2D eigenvalue weighted by molar-refractivity contribution is 6.12. The SMILES string of the molecule is CCC/C=C/N=C(Nc1ccc(Oc2ccc3c(c2)ncn3C)c(C)c1)c1c(C)ccc(N2CCN(C(=O)OC(C)(C)C)CC2)c1OC. The van der Waals surface area contributed by atoms with Crippen molar-refractivity contribution in [3.05, 3.63) is 83.8 Å². The molecule has 0 unspecified atom stereocenters. The zero-order chi connectivity index (χ0) is 34.4. The van der Waals surface area contributed by atoms with Crippen LogP contribution >= 0.6 is 0 Å². The Kier molecular flexibility index (Phi) is 10.6. The fraction of sp³-hybridized carbons (Fsp3) is 0.395. The van der Waals surface area contributed by atoms with Crippen molar-refractivity contribution in [2.75, 3.05) is 43.5 Å². The number of rotatable bonds is 9. The van der Waals surface area contributed by atoms with Gasteiger partial charge in [-0.05, 0) is 88.6 Å². The highest BCUT2D eigenvalue weighted by Crippen LogP contribution is 2.36. The summed E-state index contributed by atoms with van der Waals surface area (Å²) in [6.45, 7) is 14.3. The summed E-state index contributed by atoms with van der Waals surface area (Å²) in [7, 11) is 3.67. The first kappa shape index (κ1) is 34.3. The van der Waals surface area contributed by atoms with Crippen LogP contribution in [0.5, 0.6) is 17.2 Å². The van der Waals surface area contributed by atoms with Crippen LogP contribution in [0.3, 0.4) is 0 Å². The second-order valence-corrected chi connectivity index (χ2v) is 13.1. The van der Waals surface area contributed by atoms with Gasteiger partial charge in [0, 0.05) is 51.2 Å². The van der Waals surface area contributed by atoms with Gasteiger partial charge in [0.25, 0.3) is 0 Å². The number of amides is 1. The van der Waals surface area contributed by atoms with Crippen LogP contribution in [0.2, 0.25) is 0 Å². The molecule has 0 radical (unpaired) electrons. The molecule has 1 aliphatic rings. The van der Waals surface area contributed by atoms with E-state index in [1.807, 2.05) is 75.8 Å². The number of hydrogen-bond donors (Lipinski definition) is 1. The normalized spacial score (nSPS) is 14.1. The highest BCUT2D eigenvalue weighted by atomic mass is 16.6. The molecular weight excluding hydrogens is 604 g/mol. The first-order valence-electron chi connectivity index (χ1n) is 16.6. The number of methoxy groups -OCH3 is 1. The number of fused-ring (bicyclic) bond motifs is 1. The number of amidine groups is 1. The highest BCUT2D eigenvalue weighted by Gasteiger charge is 2.28. The van der Waals surface area contributed by atoms with Crippen LogP contribution < -0.4 is 19.7 Å². The molecule has 0 aliphatic carbocycles. The lowest BCUT2D eigenvalue weighted by Gasteiger charge is -2.37. The molecule has 0 spiro atoms. The molecule has 10 nitrogen and oxygen atoms in total. The number of imidazole rings is 1. The number of anilines is 2. The Bertz CT molecular complexity index is 1810. The second kappa shape index (κ2) is 14.8. The van der Waals surface area contributed by atoms with Gasteiger partial charge in [-0.1, -0.05) is 25.5 Å². The van der Waals surface area contributed by atoms with Crippen LogP contribution in [0.25, 0.3) is 11.0 Å². The molecule has 1 N–H and O–H groups in total. The molecule has 1 aromatic heterocycles. The number of piperazine rings is 1. The third-order valence-electron chi connectivity index (χ3n) is 8.18. The summed E-state index contributed by atoms with van der Waals surface area (Å²) in [6.07, 6.45) is 7.42. The van der Waals surface area contributed by atoms with Gasteiger partial charge in [0.05, 0.1) is 35.7 Å². The topological polar surface area (TPSA) is 93.5 Å². The van der Waals surface area contributed by atoms with E-state index in [4.69, 9.17) is 19.2 Å². The summed E-state index contributed by atoms with van der Waals surface area (Å²) in [4.78, 5) is 26.1. The Hall–Kier alpha value is -4.99. The molecule has 1 saturated heterocycles. The zero-order valence-corrected chi connectivity index (χ0v) is 29.5. The van der Waals surface area contributed by atoms with Crippen molar-refractivity contribution in [3.8, 4) is 17.2 Å². The van der Waals surface area contributed by atoms with Crippen LogP contribution in [0, 0.1) is 13.8 Å². The zero-order valence-electron chi connectivity index (χ0n) is 29.5. The van der Waals surface area contributed by atoms with Gasteiger partial charge in [-0.15, -0.1) is 0 Å². The molecule has 10 heteroatoms. The van der Waals surface area contributed by atoms with Crippen LogP contribution in [-0.2, 0) is 11.8 Å². The molecule has 0 atom stereocenters. The van der Waals surface area contributed by atoms with Crippen molar-refractivity contribution in [1.82, 2.24) is 14.5 Å². The molecular formula is C38H48N6O4. The van der Waals surface area contributed by atoms with E-state index in [0.29, 0.717) is 32.0 Å². The number of benzene rings is 3. The van der Waals surface area contributed by atoms with E-state index >= 15 is 0 Å². The standard InChI is InChI=1S/C38H48N6O4/c1-9-10-11-18-39-36(41-28-13-17-33(27(3)23-28)47-29-14-16-31-30(24-29)40-25-42(31)7)34-26(2)12-15-32(35(34)46-8)43-19-21-44(22-20-43)37(45)48-38(4,5)6/h11-18,23-25H,9-10,19-22H2,1-8H3,(H,39,41)/b18-11+. The minimum atomic E-state index is -0.529. The fourth-order valence-corrected chi connectivity index (χ4v) is 5.69. The molecule has 0 saturated carbocycles. The van der Waals surface area contributed by atoms with Crippen molar-refractivity contribution in [3.63, 3.8) is 0 Å². The van der Waals surface area contributed by atoms with Gasteiger partial charge in [0.2, 0.25) is 0 Å². The summed E-state index contributed by atoms with van der Waals surface area (Å²) in [5.74, 6) is 2.91. The first-order chi connectivity index (χ1) is 23.0. The smallest absolute Gasteiger partial charge is 0.410 e. The number of ether oxygens (including phenoxy) is 3. The third kappa shape index (κ3) is 8.10. The van der Waals surface area contributed by atoms with Gasteiger partial charge in [-0.25, -0.2) is 14.8 Å². The van der Waals surface area contributed by atoms with Crippen LogP contribution in [0.15, 0.2) is 72.1 Å². The van der Waals surface area contributed by atoms with Gasteiger partial charge in [-0.3, -0.25) is 0 Å². The maximum Gasteiger partial charge on any atom is 0.410 e. The van der Waals surface area contributed by atoms with Crippen LogP contribution in [0.4, 0.5) is 16.2 Å². The van der Waals surface area contributed by atoms with Crippen LogP contribution in [0.1, 0.15) is 57.2 Å². The van der Waals surface area contributed by atoms with Crippen molar-refractivity contribution >= 4 is 34.3 Å². The van der Waals surface area contributed by atoms with Crippen molar-refractivity contribution in [2.45, 2.75) is 60.0 Å². The molecule has 5 rings (SSSR count). The summed E-state index contributed by atoms with van der Waals surface area (Å²) >= 11 is 0. The predicted octanol–water partition coefficient (Wildman–Crippen LogP) is 8.22. The lowest BCUT2D eigenvalue weighted by molar-refractivity contribution is 0.0240. The minimum Gasteiger partial charge on any atom is -0.494 e. The number of allylic oxidation sites excluding steroid dienone is 1.